The van der Waals surface area contributed by atoms with Gasteiger partial charge in [0.2, 0.25) is 0 Å². The van der Waals surface area contributed by atoms with E-state index < -0.39 is 17.4 Å². The van der Waals surface area contributed by atoms with Gasteiger partial charge in [-0.15, -0.1) is 0 Å². The van der Waals surface area contributed by atoms with Crippen LogP contribution in [0.4, 0.5) is 8.78 Å². The van der Waals surface area contributed by atoms with Gasteiger partial charge in [-0.2, -0.15) is 0 Å². The van der Waals surface area contributed by atoms with Crippen LogP contribution in [0.25, 0.3) is 0 Å². The van der Waals surface area contributed by atoms with Crippen LogP contribution in [0.2, 0.25) is 0 Å². The number of ether oxygens (including phenoxy) is 2. The Labute approximate surface area is 205 Å². The molecule has 0 unspecified atom stereocenters. The van der Waals surface area contributed by atoms with Gasteiger partial charge in [0.1, 0.15) is 11.6 Å². The first kappa shape index (κ1) is 23.1. The van der Waals surface area contributed by atoms with Crippen molar-refractivity contribution in [2.75, 3.05) is 0 Å². The highest BCUT2D eigenvalue weighted by Gasteiger charge is 2.45. The number of phenolic OH excluding ortho intramolecular Hbond substituents is 2. The summed E-state index contributed by atoms with van der Waals surface area (Å²) < 4.78 is 39.1. The molecular weight excluding hydrogens is 562 g/mol. The fraction of sp³-hybridized carbons (Fsp3) is 0.0400. The van der Waals surface area contributed by atoms with Crippen LogP contribution in [-0.2, 0) is 5.79 Å². The van der Waals surface area contributed by atoms with Crippen molar-refractivity contribution in [2.24, 2.45) is 0 Å². The molecule has 1 aliphatic rings. The molecule has 0 bridgehead atoms. The van der Waals surface area contributed by atoms with Gasteiger partial charge in [-0.25, -0.2) is 8.78 Å². The third kappa shape index (κ3) is 4.67. The summed E-state index contributed by atoms with van der Waals surface area (Å²) in [5, 5.41) is 17.5. The van der Waals surface area contributed by atoms with Crippen molar-refractivity contribution in [2.45, 2.75) is 5.79 Å². The van der Waals surface area contributed by atoms with E-state index in [4.69, 9.17) is 19.7 Å². The molecule has 1 aliphatic heterocycles. The Morgan fingerprint density at radius 2 is 1.03 bits per heavy atom. The monoisotopic (exact) mass is 576 g/mol. The molecule has 0 amide bonds. The summed E-state index contributed by atoms with van der Waals surface area (Å²) in [6, 6.07) is 24.1. The van der Waals surface area contributed by atoms with Gasteiger partial charge in [-0.05, 0) is 31.9 Å². The van der Waals surface area contributed by atoms with E-state index in [1.165, 1.54) is 6.07 Å². The first-order chi connectivity index (χ1) is 15.8. The number of hydrogen-bond donors (Lipinski definition) is 2. The van der Waals surface area contributed by atoms with Gasteiger partial charge >= 0.3 is 5.79 Å². The van der Waals surface area contributed by atoms with E-state index in [1.54, 1.807) is 6.07 Å². The maximum Gasteiger partial charge on any atom is 0.305 e. The van der Waals surface area contributed by atoms with Gasteiger partial charge in [0.15, 0.2) is 23.0 Å². The van der Waals surface area contributed by atoms with Crippen molar-refractivity contribution in [3.63, 3.8) is 0 Å². The highest BCUT2D eigenvalue weighted by molar-refractivity contribution is 9.10. The summed E-state index contributed by atoms with van der Waals surface area (Å²) in [7, 11) is 0. The van der Waals surface area contributed by atoms with Crippen LogP contribution >= 0.6 is 31.9 Å². The summed E-state index contributed by atoms with van der Waals surface area (Å²) in [6.45, 7) is 0. The molecule has 4 nitrogen and oxygen atoms in total. The molecule has 0 spiro atoms. The minimum atomic E-state index is -1.11. The smallest absolute Gasteiger partial charge is 0.305 e. The van der Waals surface area contributed by atoms with Gasteiger partial charge < -0.3 is 19.7 Å². The fourth-order valence-electron chi connectivity index (χ4n) is 3.24. The lowest BCUT2D eigenvalue weighted by Gasteiger charge is -2.28. The molecule has 2 N–H and O–H groups in total. The van der Waals surface area contributed by atoms with Gasteiger partial charge in [-0.3, -0.25) is 0 Å². The molecule has 0 saturated heterocycles. The topological polar surface area (TPSA) is 58.9 Å². The predicted octanol–water partition coefficient (Wildman–Crippen LogP) is 7.26. The lowest BCUT2D eigenvalue weighted by Crippen LogP contribution is -2.36. The van der Waals surface area contributed by atoms with E-state index in [1.807, 2.05) is 60.7 Å². The van der Waals surface area contributed by atoms with Gasteiger partial charge in [0.05, 0.1) is 8.95 Å². The second-order valence-electron chi connectivity index (χ2n) is 7.02. The molecule has 0 saturated carbocycles. The second kappa shape index (κ2) is 9.41. The minimum Gasteiger partial charge on any atom is -0.504 e. The zero-order valence-electron chi connectivity index (χ0n) is 16.8. The molecule has 0 radical (unpaired) electrons. The summed E-state index contributed by atoms with van der Waals surface area (Å²) in [6.07, 6.45) is 0. The summed E-state index contributed by atoms with van der Waals surface area (Å²) in [4.78, 5) is 0. The lowest BCUT2D eigenvalue weighted by atomic mass is 9.97. The molecule has 0 aliphatic carbocycles. The van der Waals surface area contributed by atoms with Crippen LogP contribution in [0.5, 0.6) is 23.0 Å². The summed E-state index contributed by atoms with van der Waals surface area (Å²) in [5.74, 6) is -2.00. The first-order valence-electron chi connectivity index (χ1n) is 9.65. The number of rotatable bonds is 2. The molecule has 0 aromatic heterocycles. The predicted molar refractivity (Wildman–Crippen MR) is 126 cm³/mol. The Morgan fingerprint density at radius 1 is 0.606 bits per heavy atom. The number of benzene rings is 4. The summed E-state index contributed by atoms with van der Waals surface area (Å²) in [5.41, 5.74) is 1.69. The molecule has 4 aromatic carbocycles. The van der Waals surface area contributed by atoms with Crippen LogP contribution < -0.4 is 9.47 Å². The number of aromatic hydroxyl groups is 2. The van der Waals surface area contributed by atoms with Crippen LogP contribution in [0.1, 0.15) is 11.1 Å². The third-order valence-electron chi connectivity index (χ3n) is 4.82. The third-order valence-corrected chi connectivity index (χ3v) is 6.03. The zero-order chi connectivity index (χ0) is 23.6. The normalized spacial score (nSPS) is 13.2. The SMILES string of the molecule is Fc1cc2c(cc1Br)OC(c1ccccc1)(c1ccccc1)O2.Oc1cc(F)c(Br)cc1O. The zero-order valence-corrected chi connectivity index (χ0v) is 20.0. The van der Waals surface area contributed by atoms with Gasteiger partial charge in [0.25, 0.3) is 0 Å². The molecular formula is C25H16Br2F2O4. The molecule has 1 heterocycles. The van der Waals surface area contributed by atoms with Crippen molar-refractivity contribution in [3.8, 4) is 23.0 Å². The average Bonchev–Trinajstić information content (AvgIpc) is 3.19. The van der Waals surface area contributed by atoms with E-state index in [0.717, 1.165) is 23.3 Å². The molecule has 33 heavy (non-hydrogen) atoms. The fourth-order valence-corrected chi connectivity index (χ4v) is 3.90. The van der Waals surface area contributed by atoms with Crippen molar-refractivity contribution in [1.29, 1.82) is 0 Å². The number of hydrogen-bond acceptors (Lipinski definition) is 4. The number of halogens is 4. The van der Waals surface area contributed by atoms with E-state index >= 15 is 0 Å². The van der Waals surface area contributed by atoms with Crippen molar-refractivity contribution in [1.82, 2.24) is 0 Å². The van der Waals surface area contributed by atoms with E-state index in [-0.39, 0.29) is 16.0 Å². The number of fused-ring (bicyclic) bond motifs is 1. The summed E-state index contributed by atoms with van der Waals surface area (Å²) >= 11 is 6.02. The molecule has 0 atom stereocenters. The van der Waals surface area contributed by atoms with Crippen LogP contribution in [0.3, 0.4) is 0 Å². The lowest BCUT2D eigenvalue weighted by molar-refractivity contribution is -0.0459. The van der Waals surface area contributed by atoms with Gasteiger partial charge in [-0.1, -0.05) is 60.7 Å². The number of phenols is 2. The molecule has 0 fully saturated rings. The minimum absolute atomic E-state index is 0.128. The molecule has 168 valence electrons. The van der Waals surface area contributed by atoms with E-state index in [2.05, 4.69) is 31.9 Å². The van der Waals surface area contributed by atoms with Gasteiger partial charge in [0, 0.05) is 35.4 Å². The van der Waals surface area contributed by atoms with Crippen LogP contribution in [0.15, 0.2) is 93.9 Å². The van der Waals surface area contributed by atoms with Crippen LogP contribution in [0, 0.1) is 11.6 Å². The van der Waals surface area contributed by atoms with Crippen LogP contribution in [-0.4, -0.2) is 10.2 Å². The maximum atomic E-state index is 13.8. The second-order valence-corrected chi connectivity index (χ2v) is 8.73. The van der Waals surface area contributed by atoms with Crippen molar-refractivity contribution < 1.29 is 28.5 Å². The van der Waals surface area contributed by atoms with Crippen molar-refractivity contribution >= 4 is 31.9 Å². The van der Waals surface area contributed by atoms with E-state index in [9.17, 15) is 8.78 Å². The molecule has 4 aromatic rings. The maximum absolute atomic E-state index is 13.8. The van der Waals surface area contributed by atoms with Crippen molar-refractivity contribution in [3.05, 3.63) is 117 Å². The largest absolute Gasteiger partial charge is 0.504 e. The Kier molecular flexibility index (Phi) is 6.58. The highest BCUT2D eigenvalue weighted by Crippen LogP contribution is 2.49. The Morgan fingerprint density at radius 3 is 1.55 bits per heavy atom. The van der Waals surface area contributed by atoms with E-state index in [0.29, 0.717) is 16.0 Å². The Bertz CT molecular complexity index is 1160. The molecule has 8 heteroatoms. The Balaban J connectivity index is 0.000000219. The standard InChI is InChI=1S/C19H12BrFO2.C6H4BrFO2/c20-15-11-17-18(12-16(15)21)23-19(22-17,13-7-3-1-4-8-13)14-9-5-2-6-10-14;7-3-1-5(9)6(10)2-4(3)8/h1-12H;1-2,9-10H. The molecule has 5 rings (SSSR count). The Hall–Kier alpha value is -3.10. The average molecular weight is 578 g/mol. The quantitative estimate of drug-likeness (QED) is 0.246. The highest BCUT2D eigenvalue weighted by atomic mass is 79.9. The first-order valence-corrected chi connectivity index (χ1v) is 11.2.